The molecule has 1 heterocycles. The Hall–Kier alpha value is -2.78. The molecule has 0 fully saturated rings. The number of fused-ring (bicyclic) bond motifs is 1. The number of ether oxygens (including phenoxy) is 1. The molecule has 26 heavy (non-hydrogen) atoms. The van der Waals surface area contributed by atoms with E-state index in [-0.39, 0.29) is 5.75 Å². The SMILES string of the molecule is CCn1c(-c2ccc(S(=O)(=O)CC)cc2)c(C#N)c2ccc(OC)cc21. The molecular weight excluding hydrogens is 348 g/mol. The first-order chi connectivity index (χ1) is 12.5. The summed E-state index contributed by atoms with van der Waals surface area (Å²) in [7, 11) is -1.64. The van der Waals surface area contributed by atoms with Crippen LogP contribution in [0, 0.1) is 11.3 Å². The van der Waals surface area contributed by atoms with E-state index in [1.54, 1.807) is 38.3 Å². The summed E-state index contributed by atoms with van der Waals surface area (Å²) in [5.41, 5.74) is 3.10. The summed E-state index contributed by atoms with van der Waals surface area (Å²) in [6, 6.07) is 14.7. The first kappa shape index (κ1) is 18.0. The smallest absolute Gasteiger partial charge is 0.178 e. The monoisotopic (exact) mass is 368 g/mol. The van der Waals surface area contributed by atoms with E-state index in [4.69, 9.17) is 4.74 Å². The van der Waals surface area contributed by atoms with Crippen molar-refractivity contribution in [2.45, 2.75) is 25.3 Å². The molecule has 2 aromatic carbocycles. The molecule has 134 valence electrons. The third-order valence-electron chi connectivity index (χ3n) is 4.57. The Labute approximate surface area is 153 Å². The van der Waals surface area contributed by atoms with Gasteiger partial charge in [0, 0.05) is 18.0 Å². The lowest BCUT2D eigenvalue weighted by Gasteiger charge is -2.10. The summed E-state index contributed by atoms with van der Waals surface area (Å²) in [5.74, 6) is 0.787. The molecule has 0 radical (unpaired) electrons. The number of hydrogen-bond acceptors (Lipinski definition) is 4. The molecule has 0 aliphatic heterocycles. The fourth-order valence-electron chi connectivity index (χ4n) is 3.18. The van der Waals surface area contributed by atoms with E-state index in [0.717, 1.165) is 27.9 Å². The zero-order valence-electron chi connectivity index (χ0n) is 15.0. The minimum atomic E-state index is -3.25. The highest BCUT2D eigenvalue weighted by Crippen LogP contribution is 2.35. The zero-order chi connectivity index (χ0) is 18.9. The lowest BCUT2D eigenvalue weighted by atomic mass is 10.1. The third-order valence-corrected chi connectivity index (χ3v) is 6.32. The molecule has 0 atom stereocenters. The first-order valence-corrected chi connectivity index (χ1v) is 10.1. The fourth-order valence-corrected chi connectivity index (χ4v) is 4.07. The van der Waals surface area contributed by atoms with Crippen molar-refractivity contribution in [1.29, 1.82) is 5.26 Å². The van der Waals surface area contributed by atoms with Crippen LogP contribution >= 0.6 is 0 Å². The Bertz CT molecular complexity index is 1100. The number of nitriles is 1. The maximum absolute atomic E-state index is 12.0. The van der Waals surface area contributed by atoms with E-state index in [9.17, 15) is 13.7 Å². The van der Waals surface area contributed by atoms with Crippen molar-refractivity contribution >= 4 is 20.7 Å². The zero-order valence-corrected chi connectivity index (χ0v) is 15.8. The molecule has 6 heteroatoms. The average molecular weight is 368 g/mol. The second kappa shape index (κ2) is 6.85. The van der Waals surface area contributed by atoms with E-state index >= 15 is 0 Å². The minimum Gasteiger partial charge on any atom is -0.497 e. The fraction of sp³-hybridized carbons (Fsp3) is 0.250. The Morgan fingerprint density at radius 1 is 1.12 bits per heavy atom. The molecule has 0 saturated carbocycles. The summed E-state index contributed by atoms with van der Waals surface area (Å²) < 4.78 is 31.4. The van der Waals surface area contributed by atoms with Crippen LogP contribution in [0.15, 0.2) is 47.4 Å². The maximum Gasteiger partial charge on any atom is 0.178 e. The largest absolute Gasteiger partial charge is 0.497 e. The number of hydrogen-bond donors (Lipinski definition) is 0. The van der Waals surface area contributed by atoms with Crippen molar-refractivity contribution in [3.05, 3.63) is 48.0 Å². The van der Waals surface area contributed by atoms with E-state index in [0.29, 0.717) is 17.0 Å². The van der Waals surface area contributed by atoms with Gasteiger partial charge in [0.1, 0.15) is 11.8 Å². The summed E-state index contributed by atoms with van der Waals surface area (Å²) in [6.45, 7) is 4.31. The Morgan fingerprint density at radius 2 is 1.81 bits per heavy atom. The van der Waals surface area contributed by atoms with Gasteiger partial charge in [-0.2, -0.15) is 5.26 Å². The minimum absolute atomic E-state index is 0.0603. The van der Waals surface area contributed by atoms with Crippen LogP contribution in [-0.2, 0) is 16.4 Å². The van der Waals surface area contributed by atoms with Crippen LogP contribution in [0.25, 0.3) is 22.2 Å². The lowest BCUT2D eigenvalue weighted by molar-refractivity contribution is 0.415. The molecule has 3 rings (SSSR count). The van der Waals surface area contributed by atoms with Crippen molar-refractivity contribution in [1.82, 2.24) is 4.57 Å². The van der Waals surface area contributed by atoms with E-state index < -0.39 is 9.84 Å². The van der Waals surface area contributed by atoms with Crippen molar-refractivity contribution < 1.29 is 13.2 Å². The number of aryl methyl sites for hydroxylation is 1. The average Bonchev–Trinajstić information content (AvgIpc) is 3.00. The summed E-state index contributed by atoms with van der Waals surface area (Å²) in [6.07, 6.45) is 0. The van der Waals surface area contributed by atoms with Crippen LogP contribution in [0.4, 0.5) is 0 Å². The van der Waals surface area contributed by atoms with E-state index in [2.05, 4.69) is 10.6 Å². The van der Waals surface area contributed by atoms with Crippen LogP contribution in [0.5, 0.6) is 5.75 Å². The molecule has 0 amide bonds. The highest BCUT2D eigenvalue weighted by molar-refractivity contribution is 7.91. The van der Waals surface area contributed by atoms with Gasteiger partial charge < -0.3 is 9.30 Å². The van der Waals surface area contributed by atoms with Gasteiger partial charge in [0.25, 0.3) is 0 Å². The molecule has 3 aromatic rings. The van der Waals surface area contributed by atoms with Gasteiger partial charge in [-0.1, -0.05) is 19.1 Å². The van der Waals surface area contributed by atoms with Gasteiger partial charge >= 0.3 is 0 Å². The highest BCUT2D eigenvalue weighted by atomic mass is 32.2. The van der Waals surface area contributed by atoms with Crippen LogP contribution in [0.2, 0.25) is 0 Å². The van der Waals surface area contributed by atoms with Gasteiger partial charge in [-0.15, -0.1) is 0 Å². The predicted molar refractivity (Wildman–Crippen MR) is 102 cm³/mol. The Balaban J connectivity index is 2.26. The van der Waals surface area contributed by atoms with Crippen LogP contribution in [-0.4, -0.2) is 25.8 Å². The molecule has 1 aromatic heterocycles. The highest BCUT2D eigenvalue weighted by Gasteiger charge is 2.19. The Kier molecular flexibility index (Phi) is 4.75. The predicted octanol–water partition coefficient (Wildman–Crippen LogP) is 4.00. The number of nitrogens with zero attached hydrogens (tertiary/aromatic N) is 2. The van der Waals surface area contributed by atoms with Gasteiger partial charge in [-0.05, 0) is 36.8 Å². The molecular formula is C20H20N2O3S. The number of benzene rings is 2. The number of aromatic nitrogens is 1. The van der Waals surface area contributed by atoms with Gasteiger partial charge in [0.15, 0.2) is 9.84 Å². The second-order valence-electron chi connectivity index (χ2n) is 5.89. The molecule has 0 aliphatic rings. The third kappa shape index (κ3) is 2.85. The van der Waals surface area contributed by atoms with Crippen LogP contribution < -0.4 is 4.74 Å². The van der Waals surface area contributed by atoms with E-state index in [1.165, 1.54) is 0 Å². The number of sulfone groups is 1. The van der Waals surface area contributed by atoms with Gasteiger partial charge in [-0.3, -0.25) is 0 Å². The Morgan fingerprint density at radius 3 is 2.35 bits per heavy atom. The van der Waals surface area contributed by atoms with Crippen LogP contribution in [0.3, 0.4) is 0 Å². The standard InChI is InChI=1S/C20H20N2O3S/c1-4-22-19-12-15(25-3)8-11-17(19)18(13-21)20(22)14-6-9-16(10-7-14)26(23,24)5-2/h6-12H,4-5H2,1-3H3. The van der Waals surface area contributed by atoms with Crippen molar-refractivity contribution in [2.24, 2.45) is 0 Å². The molecule has 0 spiro atoms. The summed E-state index contributed by atoms with van der Waals surface area (Å²) in [5, 5.41) is 10.6. The van der Waals surface area contributed by atoms with Crippen molar-refractivity contribution in [2.75, 3.05) is 12.9 Å². The summed E-state index contributed by atoms with van der Waals surface area (Å²) in [4.78, 5) is 0.295. The van der Waals surface area contributed by atoms with Gasteiger partial charge in [0.05, 0.1) is 34.5 Å². The maximum atomic E-state index is 12.0. The second-order valence-corrected chi connectivity index (χ2v) is 8.17. The molecule has 0 N–H and O–H groups in total. The number of methoxy groups -OCH3 is 1. The summed E-state index contributed by atoms with van der Waals surface area (Å²) >= 11 is 0. The topological polar surface area (TPSA) is 72.1 Å². The molecule has 0 saturated heterocycles. The molecule has 0 unspecified atom stereocenters. The van der Waals surface area contributed by atoms with Crippen LogP contribution in [0.1, 0.15) is 19.4 Å². The molecule has 5 nitrogen and oxygen atoms in total. The molecule has 0 aliphatic carbocycles. The quantitative estimate of drug-likeness (QED) is 0.682. The van der Waals surface area contributed by atoms with E-state index in [1.807, 2.05) is 25.1 Å². The van der Waals surface area contributed by atoms with Crippen molar-refractivity contribution in [3.63, 3.8) is 0 Å². The normalized spacial score (nSPS) is 11.5. The lowest BCUT2D eigenvalue weighted by Crippen LogP contribution is -2.03. The number of rotatable bonds is 5. The first-order valence-electron chi connectivity index (χ1n) is 8.40. The molecule has 0 bridgehead atoms. The van der Waals surface area contributed by atoms with Gasteiger partial charge in [-0.25, -0.2) is 8.42 Å². The van der Waals surface area contributed by atoms with Crippen molar-refractivity contribution in [3.8, 4) is 23.1 Å². The van der Waals surface area contributed by atoms with Gasteiger partial charge in [0.2, 0.25) is 0 Å².